The molecule has 0 aliphatic carbocycles. The smallest absolute Gasteiger partial charge is 0.278 e. The molecule has 5 nitrogen and oxygen atoms in total. The van der Waals surface area contributed by atoms with Crippen molar-refractivity contribution in [3.8, 4) is 5.75 Å². The number of benzene rings is 3. The van der Waals surface area contributed by atoms with Crippen LogP contribution in [0.25, 0.3) is 0 Å². The van der Waals surface area contributed by atoms with Gasteiger partial charge in [-0.2, -0.15) is 4.31 Å². The summed E-state index contributed by atoms with van der Waals surface area (Å²) in [7, 11) is -4.13. The SMILES string of the molecule is CCc1ccc(OCC(=O)N(c2cccc(C)c2C)S(=O)(=O)c2ccccc2)c(Br)c1. The Bertz CT molecular complexity index is 1190. The largest absolute Gasteiger partial charge is 0.483 e. The van der Waals surface area contributed by atoms with Crippen LogP contribution in [0.15, 0.2) is 76.1 Å². The van der Waals surface area contributed by atoms with Gasteiger partial charge >= 0.3 is 0 Å². The molecule has 0 unspecified atom stereocenters. The Kier molecular flexibility index (Phi) is 7.18. The van der Waals surface area contributed by atoms with Crippen molar-refractivity contribution >= 4 is 37.5 Å². The van der Waals surface area contributed by atoms with Crippen molar-refractivity contribution in [3.05, 3.63) is 87.9 Å². The van der Waals surface area contributed by atoms with E-state index >= 15 is 0 Å². The van der Waals surface area contributed by atoms with Gasteiger partial charge in [0.2, 0.25) is 0 Å². The molecule has 0 atom stereocenters. The van der Waals surface area contributed by atoms with E-state index in [1.807, 2.05) is 32.0 Å². The number of aryl methyl sites for hydroxylation is 2. The van der Waals surface area contributed by atoms with E-state index in [1.54, 1.807) is 43.3 Å². The average Bonchev–Trinajstić information content (AvgIpc) is 2.76. The summed E-state index contributed by atoms with van der Waals surface area (Å²) in [6.07, 6.45) is 0.869. The van der Waals surface area contributed by atoms with Gasteiger partial charge in [0.15, 0.2) is 6.61 Å². The average molecular weight is 502 g/mol. The van der Waals surface area contributed by atoms with Crippen molar-refractivity contribution < 1.29 is 17.9 Å². The molecule has 0 spiro atoms. The summed E-state index contributed by atoms with van der Waals surface area (Å²) in [5.74, 6) is -0.201. The molecular formula is C24H24BrNO4S. The lowest BCUT2D eigenvalue weighted by Gasteiger charge is -2.25. The van der Waals surface area contributed by atoms with Gasteiger partial charge in [0.05, 0.1) is 15.1 Å². The second-order valence-corrected chi connectivity index (χ2v) is 9.74. The van der Waals surface area contributed by atoms with Crippen molar-refractivity contribution in [1.82, 2.24) is 0 Å². The molecule has 0 bridgehead atoms. The van der Waals surface area contributed by atoms with E-state index in [-0.39, 0.29) is 4.90 Å². The van der Waals surface area contributed by atoms with E-state index < -0.39 is 22.5 Å². The van der Waals surface area contributed by atoms with Crippen molar-refractivity contribution in [1.29, 1.82) is 0 Å². The first kappa shape index (κ1) is 23.0. The Morgan fingerprint density at radius 1 is 1.00 bits per heavy atom. The van der Waals surface area contributed by atoms with E-state index in [9.17, 15) is 13.2 Å². The molecule has 0 aromatic heterocycles. The maximum Gasteiger partial charge on any atom is 0.278 e. The van der Waals surface area contributed by atoms with Crippen molar-refractivity contribution in [3.63, 3.8) is 0 Å². The molecule has 3 aromatic rings. The van der Waals surface area contributed by atoms with Crippen LogP contribution >= 0.6 is 15.9 Å². The third kappa shape index (κ3) is 4.99. The van der Waals surface area contributed by atoms with Crippen LogP contribution in [-0.2, 0) is 21.2 Å². The van der Waals surface area contributed by atoms with Gasteiger partial charge in [-0.15, -0.1) is 0 Å². The number of amides is 1. The van der Waals surface area contributed by atoms with Gasteiger partial charge in [-0.05, 0) is 83.2 Å². The first-order chi connectivity index (χ1) is 14.8. The first-order valence-corrected chi connectivity index (χ1v) is 12.1. The van der Waals surface area contributed by atoms with Gasteiger partial charge in [0.25, 0.3) is 15.9 Å². The number of carbonyl (C=O) groups is 1. The van der Waals surface area contributed by atoms with Gasteiger partial charge in [-0.3, -0.25) is 4.79 Å². The zero-order chi connectivity index (χ0) is 22.6. The van der Waals surface area contributed by atoms with Gasteiger partial charge < -0.3 is 4.74 Å². The monoisotopic (exact) mass is 501 g/mol. The number of anilines is 1. The van der Waals surface area contributed by atoms with Gasteiger partial charge in [0.1, 0.15) is 5.75 Å². The summed E-state index contributed by atoms with van der Waals surface area (Å²) >= 11 is 3.45. The van der Waals surface area contributed by atoms with E-state index in [0.717, 1.165) is 21.9 Å². The van der Waals surface area contributed by atoms with E-state index in [0.29, 0.717) is 21.5 Å². The molecule has 3 aromatic carbocycles. The Hall–Kier alpha value is -2.64. The number of hydrogen-bond acceptors (Lipinski definition) is 4. The third-order valence-electron chi connectivity index (χ3n) is 5.06. The molecule has 0 heterocycles. The maximum absolute atomic E-state index is 13.4. The molecular weight excluding hydrogens is 478 g/mol. The van der Waals surface area contributed by atoms with Crippen molar-refractivity contribution in [2.24, 2.45) is 0 Å². The number of halogens is 1. The third-order valence-corrected chi connectivity index (χ3v) is 7.43. The summed E-state index contributed by atoms with van der Waals surface area (Å²) in [5, 5.41) is 0. The Labute approximate surface area is 191 Å². The van der Waals surface area contributed by atoms with Gasteiger partial charge in [0, 0.05) is 0 Å². The standard InChI is InChI=1S/C24H24BrNO4S/c1-4-19-13-14-23(21(25)15-19)30-16-24(27)26(22-12-8-9-17(2)18(22)3)31(28,29)20-10-6-5-7-11-20/h5-15H,4,16H2,1-3H3. The second kappa shape index (κ2) is 9.66. The fourth-order valence-electron chi connectivity index (χ4n) is 3.13. The topological polar surface area (TPSA) is 63.7 Å². The number of ether oxygens (including phenoxy) is 1. The summed E-state index contributed by atoms with van der Waals surface area (Å²) in [6.45, 7) is 5.29. The lowest BCUT2D eigenvalue weighted by atomic mass is 10.1. The molecule has 0 radical (unpaired) electrons. The van der Waals surface area contributed by atoms with Crippen LogP contribution in [0.2, 0.25) is 0 Å². The Balaban J connectivity index is 1.98. The first-order valence-electron chi connectivity index (χ1n) is 9.86. The molecule has 0 saturated carbocycles. The molecule has 0 aliphatic rings. The van der Waals surface area contributed by atoms with Crippen LogP contribution in [0, 0.1) is 13.8 Å². The number of sulfonamides is 1. The highest BCUT2D eigenvalue weighted by atomic mass is 79.9. The lowest BCUT2D eigenvalue weighted by molar-refractivity contribution is -0.119. The van der Waals surface area contributed by atoms with E-state index in [1.165, 1.54) is 12.1 Å². The summed E-state index contributed by atoms with van der Waals surface area (Å²) in [5.41, 5.74) is 3.04. The van der Waals surface area contributed by atoms with Crippen molar-refractivity contribution in [2.45, 2.75) is 32.1 Å². The lowest BCUT2D eigenvalue weighted by Crippen LogP contribution is -2.40. The molecule has 162 valence electrons. The molecule has 0 saturated heterocycles. The highest BCUT2D eigenvalue weighted by Gasteiger charge is 2.32. The van der Waals surface area contributed by atoms with Crippen molar-refractivity contribution in [2.75, 3.05) is 10.9 Å². The predicted octanol–water partition coefficient (Wildman–Crippen LogP) is 5.43. The molecule has 0 aliphatic heterocycles. The molecule has 3 rings (SSSR count). The fourth-order valence-corrected chi connectivity index (χ4v) is 5.16. The van der Waals surface area contributed by atoms with Crippen LogP contribution in [0.5, 0.6) is 5.75 Å². The summed E-state index contributed by atoms with van der Waals surface area (Å²) in [4.78, 5) is 13.3. The van der Waals surface area contributed by atoms with Crippen LogP contribution in [0.4, 0.5) is 5.69 Å². The zero-order valence-electron chi connectivity index (χ0n) is 17.6. The minimum atomic E-state index is -4.13. The maximum atomic E-state index is 13.4. The van der Waals surface area contributed by atoms with Crippen LogP contribution in [0.1, 0.15) is 23.6 Å². The highest BCUT2D eigenvalue weighted by molar-refractivity contribution is 9.10. The minimum absolute atomic E-state index is 0.0396. The molecule has 0 N–H and O–H groups in total. The fraction of sp³-hybridized carbons (Fsp3) is 0.208. The highest BCUT2D eigenvalue weighted by Crippen LogP contribution is 2.30. The van der Waals surface area contributed by atoms with Crippen LogP contribution < -0.4 is 9.04 Å². The predicted molar refractivity (Wildman–Crippen MR) is 126 cm³/mol. The number of rotatable bonds is 7. The Morgan fingerprint density at radius 2 is 1.71 bits per heavy atom. The van der Waals surface area contributed by atoms with E-state index in [2.05, 4.69) is 15.9 Å². The van der Waals surface area contributed by atoms with Crippen LogP contribution in [0.3, 0.4) is 0 Å². The summed E-state index contributed by atoms with van der Waals surface area (Å²) in [6, 6.07) is 18.8. The van der Waals surface area contributed by atoms with Gasteiger partial charge in [-0.1, -0.05) is 43.3 Å². The number of carbonyl (C=O) groups excluding carboxylic acids is 1. The number of hydrogen-bond donors (Lipinski definition) is 0. The Morgan fingerprint density at radius 3 is 2.35 bits per heavy atom. The minimum Gasteiger partial charge on any atom is -0.483 e. The molecule has 31 heavy (non-hydrogen) atoms. The summed E-state index contributed by atoms with van der Waals surface area (Å²) < 4.78 is 34.1. The number of nitrogens with zero attached hydrogens (tertiary/aromatic N) is 1. The molecule has 1 amide bonds. The van der Waals surface area contributed by atoms with Crippen LogP contribution in [-0.4, -0.2) is 20.9 Å². The quantitative estimate of drug-likeness (QED) is 0.432. The molecule has 7 heteroatoms. The second-order valence-electron chi connectivity index (χ2n) is 7.10. The van der Waals surface area contributed by atoms with E-state index in [4.69, 9.17) is 4.74 Å². The van der Waals surface area contributed by atoms with Gasteiger partial charge in [-0.25, -0.2) is 8.42 Å². The normalized spacial score (nSPS) is 11.2. The zero-order valence-corrected chi connectivity index (χ0v) is 20.0. The molecule has 0 fully saturated rings.